The maximum Gasteiger partial charge on any atom is 0.307 e. The van der Waals surface area contributed by atoms with Crippen molar-refractivity contribution in [3.05, 3.63) is 95.1 Å². The second-order valence-corrected chi connectivity index (χ2v) is 8.46. The van der Waals surface area contributed by atoms with Crippen LogP contribution in [0.2, 0.25) is 0 Å². The van der Waals surface area contributed by atoms with Gasteiger partial charge >= 0.3 is 5.97 Å². The zero-order valence-corrected chi connectivity index (χ0v) is 18.3. The van der Waals surface area contributed by atoms with E-state index in [-0.39, 0.29) is 24.3 Å². The van der Waals surface area contributed by atoms with Gasteiger partial charge in [-0.1, -0.05) is 61.5 Å². The first-order valence-corrected chi connectivity index (χ1v) is 10.9. The number of halogens is 1. The van der Waals surface area contributed by atoms with E-state index in [0.29, 0.717) is 24.3 Å². The number of hydrogen-bond donors (Lipinski definition) is 3. The number of aromatic nitrogens is 1. The number of aliphatic carboxylic acids is 1. The number of anilines is 1. The lowest BCUT2D eigenvalue weighted by atomic mass is 9.85. The topological polar surface area (TPSA) is 91.3 Å². The first kappa shape index (κ1) is 22.6. The zero-order chi connectivity index (χ0) is 23.4. The summed E-state index contributed by atoms with van der Waals surface area (Å²) < 4.78 is 13.6. The number of carboxylic acids is 1. The lowest BCUT2D eigenvalue weighted by molar-refractivity contribution is -0.136. The molecule has 2 heterocycles. The lowest BCUT2D eigenvalue weighted by Gasteiger charge is -2.32. The number of hydrogen-bond acceptors (Lipinski definition) is 4. The largest absolute Gasteiger partial charge is 0.481 e. The van der Waals surface area contributed by atoms with Crippen molar-refractivity contribution in [1.29, 1.82) is 0 Å². The molecule has 1 aliphatic heterocycles. The molecule has 0 spiro atoms. The third-order valence-electron chi connectivity index (χ3n) is 6.03. The molecule has 3 aromatic rings. The van der Waals surface area contributed by atoms with Gasteiger partial charge in [-0.15, -0.1) is 0 Å². The van der Waals surface area contributed by atoms with Gasteiger partial charge in [-0.3, -0.25) is 14.6 Å². The fourth-order valence-electron chi connectivity index (χ4n) is 4.29. The molecule has 3 N–H and O–H groups in total. The normalized spacial score (nSPS) is 17.0. The number of pyridine rings is 1. The molecule has 7 heteroatoms. The van der Waals surface area contributed by atoms with Crippen LogP contribution in [0.5, 0.6) is 0 Å². The summed E-state index contributed by atoms with van der Waals surface area (Å²) in [4.78, 5) is 28.2. The maximum atomic E-state index is 13.6. The van der Waals surface area contributed by atoms with Crippen LogP contribution in [0.25, 0.3) is 0 Å². The minimum absolute atomic E-state index is 0.0180. The van der Waals surface area contributed by atoms with Crippen LogP contribution < -0.4 is 10.6 Å². The van der Waals surface area contributed by atoms with E-state index in [1.54, 1.807) is 0 Å². The number of carboxylic acid groups (broad SMARTS) is 1. The molecule has 6 nitrogen and oxygen atoms in total. The fraction of sp³-hybridized carbons (Fsp3) is 0.269. The number of nitrogens with one attached hydrogen (secondary N) is 2. The second-order valence-electron chi connectivity index (χ2n) is 8.46. The summed E-state index contributed by atoms with van der Waals surface area (Å²) in [5.74, 6) is -1.84. The van der Waals surface area contributed by atoms with E-state index in [1.807, 2.05) is 54.6 Å². The average molecular weight is 448 g/mol. The van der Waals surface area contributed by atoms with Gasteiger partial charge in [0.15, 0.2) is 0 Å². The monoisotopic (exact) mass is 447 g/mol. The Morgan fingerprint density at radius 2 is 1.94 bits per heavy atom. The van der Waals surface area contributed by atoms with Crippen LogP contribution in [0.15, 0.2) is 66.9 Å². The Labute approximate surface area is 191 Å². The predicted octanol–water partition coefficient (Wildman–Crippen LogP) is 4.09. The predicted molar refractivity (Wildman–Crippen MR) is 123 cm³/mol. The van der Waals surface area contributed by atoms with Crippen LogP contribution in [0.4, 0.5) is 10.1 Å². The number of fused-ring (bicyclic) bond motifs is 1. The van der Waals surface area contributed by atoms with Gasteiger partial charge in [-0.05, 0) is 22.6 Å². The Bertz CT molecular complexity index is 1150. The number of amides is 1. The molecule has 2 aromatic carbocycles. The van der Waals surface area contributed by atoms with Crippen LogP contribution in [0.1, 0.15) is 41.3 Å². The van der Waals surface area contributed by atoms with E-state index in [1.165, 1.54) is 12.3 Å². The Balaban J connectivity index is 1.54. The minimum atomic E-state index is -0.862. The summed E-state index contributed by atoms with van der Waals surface area (Å²) in [6.45, 7) is 2.65. The van der Waals surface area contributed by atoms with Crippen LogP contribution in [-0.4, -0.2) is 28.5 Å². The average Bonchev–Trinajstić information content (AvgIpc) is 2.80. The van der Waals surface area contributed by atoms with Crippen LogP contribution >= 0.6 is 0 Å². The van der Waals surface area contributed by atoms with E-state index >= 15 is 0 Å². The molecule has 1 amide bonds. The van der Waals surface area contributed by atoms with Crippen molar-refractivity contribution in [2.24, 2.45) is 5.92 Å². The van der Waals surface area contributed by atoms with E-state index in [4.69, 9.17) is 5.11 Å². The van der Waals surface area contributed by atoms with Crippen molar-refractivity contribution >= 4 is 17.6 Å². The molecular formula is C26H26FN3O3. The first-order chi connectivity index (χ1) is 15.9. The molecule has 0 radical (unpaired) electrons. The number of nitrogens with zero attached hydrogens (tertiary/aromatic N) is 1. The molecule has 0 unspecified atom stereocenters. The van der Waals surface area contributed by atoms with Gasteiger partial charge in [-0.2, -0.15) is 0 Å². The molecular weight excluding hydrogens is 421 g/mol. The van der Waals surface area contributed by atoms with E-state index in [0.717, 1.165) is 16.7 Å². The van der Waals surface area contributed by atoms with Crippen LogP contribution in [0, 0.1) is 11.7 Å². The second kappa shape index (κ2) is 9.92. The highest BCUT2D eigenvalue weighted by molar-refractivity contribution is 5.95. The zero-order valence-electron chi connectivity index (χ0n) is 18.3. The van der Waals surface area contributed by atoms with Crippen molar-refractivity contribution in [3.63, 3.8) is 0 Å². The van der Waals surface area contributed by atoms with Gasteiger partial charge in [0.05, 0.1) is 29.9 Å². The number of benzene rings is 2. The molecule has 0 bridgehead atoms. The molecule has 0 saturated heterocycles. The highest BCUT2D eigenvalue weighted by atomic mass is 19.1. The molecule has 170 valence electrons. The standard InChI is InChI=1S/C26H26FN3O3/c1-16(19-9-5-6-17(10-19)11-24(31)32)14-29-25(18-7-3-2-4-8-18)21-13-22-23(30-26(21)33)12-20(27)15-28-22/h2-10,12,15-16,21,25,29H,11,13-14H2,1H3,(H,30,33)(H,31,32)/t16-,21-,25-/m1/s1. The highest BCUT2D eigenvalue weighted by Crippen LogP contribution is 2.33. The minimum Gasteiger partial charge on any atom is -0.481 e. The van der Waals surface area contributed by atoms with Gasteiger partial charge in [0, 0.05) is 25.1 Å². The lowest BCUT2D eigenvalue weighted by Crippen LogP contribution is -2.41. The number of carbonyl (C=O) groups is 2. The van der Waals surface area contributed by atoms with Gasteiger partial charge in [-0.25, -0.2) is 4.39 Å². The summed E-state index contributed by atoms with van der Waals surface area (Å²) in [5, 5.41) is 15.4. The smallest absolute Gasteiger partial charge is 0.307 e. The third-order valence-corrected chi connectivity index (χ3v) is 6.03. The molecule has 33 heavy (non-hydrogen) atoms. The van der Waals surface area contributed by atoms with Gasteiger partial charge in [0.2, 0.25) is 5.91 Å². The maximum absolute atomic E-state index is 13.6. The van der Waals surface area contributed by atoms with Gasteiger partial charge < -0.3 is 15.7 Å². The van der Waals surface area contributed by atoms with Crippen molar-refractivity contribution < 1.29 is 19.1 Å². The van der Waals surface area contributed by atoms with Crippen molar-refractivity contribution in [3.8, 4) is 0 Å². The Morgan fingerprint density at radius 1 is 1.18 bits per heavy atom. The first-order valence-electron chi connectivity index (χ1n) is 10.9. The summed E-state index contributed by atoms with van der Waals surface area (Å²) >= 11 is 0. The molecule has 0 aliphatic carbocycles. The summed E-state index contributed by atoms with van der Waals surface area (Å²) in [5.41, 5.74) is 3.86. The molecule has 0 fully saturated rings. The quantitative estimate of drug-likeness (QED) is 0.484. The summed E-state index contributed by atoms with van der Waals surface area (Å²) in [7, 11) is 0. The van der Waals surface area contributed by atoms with E-state index in [9.17, 15) is 14.0 Å². The SMILES string of the molecule is C[C@H](CN[C@H](c1ccccc1)[C@H]1Cc2ncc(F)cc2NC1=O)c1cccc(CC(=O)O)c1. The summed E-state index contributed by atoms with van der Waals surface area (Å²) in [6.07, 6.45) is 1.55. The Kier molecular flexibility index (Phi) is 6.79. The van der Waals surface area contributed by atoms with Crippen LogP contribution in [0.3, 0.4) is 0 Å². The summed E-state index contributed by atoms with van der Waals surface area (Å²) in [6, 6.07) is 18.4. The molecule has 1 aliphatic rings. The fourth-order valence-corrected chi connectivity index (χ4v) is 4.29. The van der Waals surface area contributed by atoms with Crippen molar-refractivity contribution in [2.45, 2.75) is 31.7 Å². The van der Waals surface area contributed by atoms with Gasteiger partial charge in [0.1, 0.15) is 5.82 Å². The number of carbonyl (C=O) groups excluding carboxylic acids is 1. The molecule has 3 atom stereocenters. The molecule has 1 aromatic heterocycles. The van der Waals surface area contributed by atoms with Gasteiger partial charge in [0.25, 0.3) is 0 Å². The third kappa shape index (κ3) is 5.43. The highest BCUT2D eigenvalue weighted by Gasteiger charge is 2.34. The Hall–Kier alpha value is -3.58. The van der Waals surface area contributed by atoms with Crippen LogP contribution in [-0.2, 0) is 22.4 Å². The van der Waals surface area contributed by atoms with Crippen molar-refractivity contribution in [2.75, 3.05) is 11.9 Å². The Morgan fingerprint density at radius 3 is 2.70 bits per heavy atom. The number of rotatable bonds is 8. The van der Waals surface area contributed by atoms with E-state index in [2.05, 4.69) is 22.5 Å². The molecule has 4 rings (SSSR count). The molecule has 0 saturated carbocycles. The van der Waals surface area contributed by atoms with E-state index < -0.39 is 17.7 Å². The van der Waals surface area contributed by atoms with Crippen molar-refractivity contribution in [1.82, 2.24) is 10.3 Å².